The van der Waals surface area contributed by atoms with Gasteiger partial charge in [0, 0.05) is 22.6 Å². The van der Waals surface area contributed by atoms with Crippen LogP contribution in [0.15, 0.2) is 47.4 Å². The number of carbonyl (C=O) groups is 1. The van der Waals surface area contributed by atoms with Crippen molar-refractivity contribution in [1.29, 1.82) is 5.26 Å². The maximum Gasteiger partial charge on any atom is 0.238 e. The Hall–Kier alpha value is -2.69. The quantitative estimate of drug-likeness (QED) is 0.660. The van der Waals surface area contributed by atoms with E-state index >= 15 is 0 Å². The molecule has 1 saturated heterocycles. The molecular weight excluding hydrogens is 386 g/mol. The number of ether oxygens (including phenoxy) is 2. The zero-order valence-electron chi connectivity index (χ0n) is 16.7. The lowest BCUT2D eigenvalue weighted by Gasteiger charge is -2.26. The minimum absolute atomic E-state index is 0.0608. The molecule has 1 heterocycles. The first kappa shape index (κ1) is 21.0. The number of likely N-dealkylation sites (tertiary alicyclic amines) is 1. The summed E-state index contributed by atoms with van der Waals surface area (Å²) in [6.07, 6.45) is 2.01. The number of nitrogens with zero attached hydrogens (tertiary/aromatic N) is 2. The number of amides is 1. The van der Waals surface area contributed by atoms with Crippen LogP contribution in [-0.4, -0.2) is 43.9 Å². The smallest absolute Gasteiger partial charge is 0.238 e. The van der Waals surface area contributed by atoms with Crippen molar-refractivity contribution >= 4 is 23.4 Å². The van der Waals surface area contributed by atoms with Crippen LogP contribution in [0, 0.1) is 11.3 Å². The van der Waals surface area contributed by atoms with Crippen molar-refractivity contribution in [3.05, 3.63) is 48.0 Å². The maximum atomic E-state index is 12.7. The standard InChI is InChI=1S/C22H25N3O3S/c1-27-16-9-10-17(20(14-16)28-2)19-7-5-12-25(19)15-22(26)24-18-6-3-4-8-21(18)29-13-11-23/h3-4,6,8-10,14,19H,5,7,12-13,15H2,1-2H3,(H,24,26)/t19-/m0/s1. The van der Waals surface area contributed by atoms with Crippen molar-refractivity contribution in [2.45, 2.75) is 23.8 Å². The number of nitrogens with one attached hydrogen (secondary N) is 1. The fourth-order valence-corrected chi connectivity index (χ4v) is 4.31. The van der Waals surface area contributed by atoms with E-state index in [-0.39, 0.29) is 11.9 Å². The van der Waals surface area contributed by atoms with Crippen LogP contribution in [0.4, 0.5) is 5.69 Å². The molecule has 0 aromatic heterocycles. The average Bonchev–Trinajstić information content (AvgIpc) is 3.20. The van der Waals surface area contributed by atoms with Crippen molar-refractivity contribution in [2.75, 3.05) is 38.4 Å². The fraction of sp³-hybridized carbons (Fsp3) is 0.364. The van der Waals surface area contributed by atoms with Crippen LogP contribution in [0.2, 0.25) is 0 Å². The molecule has 0 aliphatic carbocycles. The molecular formula is C22H25N3O3S. The molecule has 0 unspecified atom stereocenters. The second kappa shape index (κ2) is 10.2. The Bertz CT molecular complexity index is 897. The van der Waals surface area contributed by atoms with Crippen LogP contribution in [0.1, 0.15) is 24.4 Å². The first-order valence-corrected chi connectivity index (χ1v) is 10.5. The Morgan fingerprint density at radius 2 is 2.10 bits per heavy atom. The van der Waals surface area contributed by atoms with Gasteiger partial charge in [-0.1, -0.05) is 18.2 Å². The fourth-order valence-electron chi connectivity index (χ4n) is 3.64. The molecule has 2 aromatic rings. The molecule has 1 atom stereocenters. The Kier molecular flexibility index (Phi) is 7.39. The Balaban J connectivity index is 1.70. The van der Waals surface area contributed by atoms with Gasteiger partial charge in [-0.25, -0.2) is 0 Å². The summed E-state index contributed by atoms with van der Waals surface area (Å²) in [7, 11) is 3.29. The number of para-hydroxylation sites is 1. The van der Waals surface area contributed by atoms with E-state index in [4.69, 9.17) is 14.7 Å². The third-order valence-corrected chi connectivity index (χ3v) is 5.90. The van der Waals surface area contributed by atoms with E-state index < -0.39 is 0 Å². The maximum absolute atomic E-state index is 12.7. The third kappa shape index (κ3) is 5.22. The monoisotopic (exact) mass is 411 g/mol. The lowest BCUT2D eigenvalue weighted by atomic mass is 10.0. The van der Waals surface area contributed by atoms with Gasteiger partial charge in [-0.05, 0) is 37.6 Å². The molecule has 2 aromatic carbocycles. The normalized spacial score (nSPS) is 16.2. The summed E-state index contributed by atoms with van der Waals surface area (Å²) in [6.45, 7) is 1.16. The van der Waals surface area contributed by atoms with E-state index in [0.29, 0.717) is 12.3 Å². The second-order valence-corrected chi connectivity index (χ2v) is 7.74. The Labute approximate surface area is 175 Å². The summed E-state index contributed by atoms with van der Waals surface area (Å²) in [5, 5.41) is 11.8. The highest BCUT2D eigenvalue weighted by atomic mass is 32.2. The van der Waals surface area contributed by atoms with E-state index in [1.807, 2.05) is 42.5 Å². The molecule has 1 N–H and O–H groups in total. The van der Waals surface area contributed by atoms with Crippen LogP contribution in [0.25, 0.3) is 0 Å². The van der Waals surface area contributed by atoms with Crippen molar-refractivity contribution in [1.82, 2.24) is 4.90 Å². The number of rotatable bonds is 8. The molecule has 0 bridgehead atoms. The molecule has 152 valence electrons. The summed E-state index contributed by atoms with van der Waals surface area (Å²) in [6, 6.07) is 15.6. The predicted octanol–water partition coefficient (Wildman–Crippen LogP) is 4.10. The van der Waals surface area contributed by atoms with Gasteiger partial charge in [0.1, 0.15) is 11.5 Å². The zero-order valence-corrected chi connectivity index (χ0v) is 17.5. The molecule has 0 saturated carbocycles. The van der Waals surface area contributed by atoms with Gasteiger partial charge in [0.25, 0.3) is 0 Å². The molecule has 1 aliphatic heterocycles. The largest absolute Gasteiger partial charge is 0.497 e. The highest BCUT2D eigenvalue weighted by Gasteiger charge is 2.30. The van der Waals surface area contributed by atoms with E-state index in [1.54, 1.807) is 14.2 Å². The van der Waals surface area contributed by atoms with Gasteiger partial charge < -0.3 is 14.8 Å². The zero-order chi connectivity index (χ0) is 20.6. The lowest BCUT2D eigenvalue weighted by Crippen LogP contribution is -2.33. The first-order valence-electron chi connectivity index (χ1n) is 9.51. The van der Waals surface area contributed by atoms with Gasteiger partial charge in [0.15, 0.2) is 0 Å². The summed E-state index contributed by atoms with van der Waals surface area (Å²) in [4.78, 5) is 15.8. The molecule has 7 heteroatoms. The molecule has 0 radical (unpaired) electrons. The van der Waals surface area contributed by atoms with E-state index in [1.165, 1.54) is 11.8 Å². The Morgan fingerprint density at radius 3 is 2.86 bits per heavy atom. The molecule has 1 amide bonds. The molecule has 0 spiro atoms. The highest BCUT2D eigenvalue weighted by molar-refractivity contribution is 7.99. The van der Waals surface area contributed by atoms with Gasteiger partial charge in [0.2, 0.25) is 5.91 Å². The number of hydrogen-bond donors (Lipinski definition) is 1. The molecule has 29 heavy (non-hydrogen) atoms. The van der Waals surface area contributed by atoms with Crippen LogP contribution in [-0.2, 0) is 4.79 Å². The van der Waals surface area contributed by atoms with Gasteiger partial charge in [-0.3, -0.25) is 9.69 Å². The first-order chi connectivity index (χ1) is 14.2. The van der Waals surface area contributed by atoms with Gasteiger partial charge in [-0.15, -0.1) is 11.8 Å². The number of anilines is 1. The third-order valence-electron chi connectivity index (χ3n) is 4.96. The van der Waals surface area contributed by atoms with Crippen molar-refractivity contribution in [3.63, 3.8) is 0 Å². The van der Waals surface area contributed by atoms with Crippen LogP contribution < -0.4 is 14.8 Å². The number of benzene rings is 2. The predicted molar refractivity (Wildman–Crippen MR) is 115 cm³/mol. The Morgan fingerprint density at radius 1 is 1.28 bits per heavy atom. The number of methoxy groups -OCH3 is 2. The summed E-state index contributed by atoms with van der Waals surface area (Å²) >= 11 is 1.42. The molecule has 1 aliphatic rings. The minimum Gasteiger partial charge on any atom is -0.497 e. The van der Waals surface area contributed by atoms with E-state index in [0.717, 1.165) is 47.0 Å². The van der Waals surface area contributed by atoms with E-state index in [2.05, 4.69) is 16.3 Å². The van der Waals surface area contributed by atoms with Crippen LogP contribution >= 0.6 is 11.8 Å². The summed E-state index contributed by atoms with van der Waals surface area (Å²) in [5.74, 6) is 1.81. The topological polar surface area (TPSA) is 74.6 Å². The van der Waals surface area contributed by atoms with Crippen molar-refractivity contribution < 1.29 is 14.3 Å². The number of thioether (sulfide) groups is 1. The van der Waals surface area contributed by atoms with Crippen LogP contribution in [0.5, 0.6) is 11.5 Å². The van der Waals surface area contributed by atoms with Gasteiger partial charge >= 0.3 is 0 Å². The minimum atomic E-state index is -0.0608. The highest BCUT2D eigenvalue weighted by Crippen LogP contribution is 2.38. The van der Waals surface area contributed by atoms with Crippen molar-refractivity contribution in [3.8, 4) is 17.6 Å². The summed E-state index contributed by atoms with van der Waals surface area (Å²) in [5.41, 5.74) is 1.82. The number of nitriles is 1. The summed E-state index contributed by atoms with van der Waals surface area (Å²) < 4.78 is 10.9. The molecule has 6 nitrogen and oxygen atoms in total. The second-order valence-electron chi connectivity index (χ2n) is 6.73. The van der Waals surface area contributed by atoms with E-state index in [9.17, 15) is 4.79 Å². The van der Waals surface area contributed by atoms with Gasteiger partial charge in [-0.2, -0.15) is 5.26 Å². The average molecular weight is 412 g/mol. The number of hydrogen-bond acceptors (Lipinski definition) is 6. The van der Waals surface area contributed by atoms with Crippen LogP contribution in [0.3, 0.4) is 0 Å². The molecule has 3 rings (SSSR count). The van der Waals surface area contributed by atoms with Gasteiger partial charge in [0.05, 0.1) is 38.3 Å². The number of carbonyl (C=O) groups excluding carboxylic acids is 1. The molecule has 1 fully saturated rings. The SMILES string of the molecule is COc1ccc([C@@H]2CCCN2CC(=O)Nc2ccccc2SCC#N)c(OC)c1. The van der Waals surface area contributed by atoms with Crippen molar-refractivity contribution in [2.24, 2.45) is 0 Å². The lowest BCUT2D eigenvalue weighted by molar-refractivity contribution is -0.117.